The highest BCUT2D eigenvalue weighted by atomic mass is 32.2. The van der Waals surface area contributed by atoms with Gasteiger partial charge in [0.25, 0.3) is 5.91 Å². The van der Waals surface area contributed by atoms with Gasteiger partial charge >= 0.3 is 0 Å². The molecule has 0 fully saturated rings. The molecule has 3 rings (SSSR count). The van der Waals surface area contributed by atoms with Gasteiger partial charge in [-0.3, -0.25) is 4.79 Å². The Morgan fingerprint density at radius 3 is 2.95 bits per heavy atom. The van der Waals surface area contributed by atoms with E-state index in [9.17, 15) is 13.2 Å². The maximum Gasteiger partial charge on any atom is 0.272 e. The number of imidazole rings is 1. The van der Waals surface area contributed by atoms with Crippen LogP contribution in [0.1, 0.15) is 16.1 Å². The summed E-state index contributed by atoms with van der Waals surface area (Å²) in [7, 11) is -3.18. The maximum absolute atomic E-state index is 12.1. The second kappa shape index (κ2) is 4.45. The molecule has 1 amide bonds. The van der Waals surface area contributed by atoms with Crippen LogP contribution >= 0.6 is 0 Å². The second-order valence-electron chi connectivity index (χ2n) is 4.79. The minimum Gasteiger partial charge on any atom is -0.343 e. The molecule has 6 nitrogen and oxygen atoms in total. The molecular formula is C13H13N3O3S. The van der Waals surface area contributed by atoms with Crippen molar-refractivity contribution in [2.45, 2.75) is 13.0 Å². The average molecular weight is 291 g/mol. The number of rotatable bonds is 2. The summed E-state index contributed by atoms with van der Waals surface area (Å²) >= 11 is 0. The summed E-state index contributed by atoms with van der Waals surface area (Å²) in [5.74, 6) is -0.467. The zero-order valence-corrected chi connectivity index (χ0v) is 11.6. The van der Waals surface area contributed by atoms with Crippen molar-refractivity contribution in [2.24, 2.45) is 0 Å². The molecule has 0 bridgehead atoms. The summed E-state index contributed by atoms with van der Waals surface area (Å²) in [5, 5.41) is 3.78. The standard InChI is InChI=1S/C13H13N3O3S/c1-9-3-2-5-16-7-11(15-12(9)16)13(17)14-10-4-6-20(18,19)8-10/h2-7,10H,8H2,1H3,(H,14,17)/t10-/m0/s1. The number of fused-ring (bicyclic) bond motifs is 1. The fourth-order valence-electron chi connectivity index (χ4n) is 2.17. The number of carbonyl (C=O) groups is 1. The third-order valence-corrected chi connectivity index (χ3v) is 4.55. The molecule has 0 aromatic carbocycles. The van der Waals surface area contributed by atoms with Crippen molar-refractivity contribution in [1.82, 2.24) is 14.7 Å². The molecule has 3 heterocycles. The molecule has 20 heavy (non-hydrogen) atoms. The molecule has 1 aliphatic rings. The van der Waals surface area contributed by atoms with E-state index in [4.69, 9.17) is 0 Å². The van der Waals surface area contributed by atoms with Gasteiger partial charge in [0.15, 0.2) is 9.84 Å². The number of sulfone groups is 1. The minimum absolute atomic E-state index is 0.0921. The van der Waals surface area contributed by atoms with Gasteiger partial charge in [0.1, 0.15) is 11.3 Å². The third kappa shape index (κ3) is 2.32. The molecule has 1 atom stereocenters. The molecule has 0 spiro atoms. The van der Waals surface area contributed by atoms with Gasteiger partial charge < -0.3 is 9.72 Å². The van der Waals surface area contributed by atoms with Crippen LogP contribution < -0.4 is 5.32 Å². The maximum atomic E-state index is 12.1. The number of hydrogen-bond acceptors (Lipinski definition) is 4. The SMILES string of the molecule is Cc1cccn2cc(C(=O)N[C@H]3C=CS(=O)(=O)C3)nc12. The van der Waals surface area contributed by atoms with E-state index < -0.39 is 15.9 Å². The molecule has 104 valence electrons. The number of nitrogens with one attached hydrogen (secondary N) is 1. The minimum atomic E-state index is -3.18. The number of nitrogens with zero attached hydrogens (tertiary/aromatic N) is 2. The van der Waals surface area contributed by atoms with Gasteiger partial charge in [-0.25, -0.2) is 13.4 Å². The average Bonchev–Trinajstić information content (AvgIpc) is 2.94. The van der Waals surface area contributed by atoms with Crippen molar-refractivity contribution in [3.8, 4) is 0 Å². The largest absolute Gasteiger partial charge is 0.343 e. The topological polar surface area (TPSA) is 80.5 Å². The number of amides is 1. The molecule has 1 aliphatic heterocycles. The number of pyridine rings is 1. The molecule has 2 aromatic rings. The Bertz CT molecular complexity index is 820. The fourth-order valence-corrected chi connectivity index (χ4v) is 3.41. The zero-order chi connectivity index (χ0) is 14.3. The number of carbonyl (C=O) groups excluding carboxylic acids is 1. The number of aryl methyl sites for hydroxylation is 1. The summed E-state index contributed by atoms with van der Waals surface area (Å²) in [6.45, 7) is 1.91. The van der Waals surface area contributed by atoms with Crippen molar-refractivity contribution in [3.05, 3.63) is 47.3 Å². The van der Waals surface area contributed by atoms with Gasteiger partial charge in [-0.2, -0.15) is 0 Å². The van der Waals surface area contributed by atoms with Crippen LogP contribution in [0.3, 0.4) is 0 Å². The predicted octanol–water partition coefficient (Wildman–Crippen LogP) is 0.683. The van der Waals surface area contributed by atoms with Crippen molar-refractivity contribution >= 4 is 21.4 Å². The van der Waals surface area contributed by atoms with Gasteiger partial charge in [-0.05, 0) is 24.6 Å². The Morgan fingerprint density at radius 2 is 2.30 bits per heavy atom. The van der Waals surface area contributed by atoms with Gasteiger partial charge in [0.05, 0.1) is 11.8 Å². The van der Waals surface area contributed by atoms with E-state index in [0.29, 0.717) is 5.65 Å². The smallest absolute Gasteiger partial charge is 0.272 e. The Balaban J connectivity index is 1.83. The first-order chi connectivity index (χ1) is 9.44. The second-order valence-corrected chi connectivity index (χ2v) is 6.72. The molecule has 0 saturated carbocycles. The van der Waals surface area contributed by atoms with E-state index in [-0.39, 0.29) is 17.4 Å². The summed E-state index contributed by atoms with van der Waals surface area (Å²) < 4.78 is 24.3. The Morgan fingerprint density at radius 1 is 1.50 bits per heavy atom. The Labute approximate surface area is 116 Å². The summed E-state index contributed by atoms with van der Waals surface area (Å²) in [5.41, 5.74) is 1.96. The molecule has 0 unspecified atom stereocenters. The lowest BCUT2D eigenvalue weighted by atomic mass is 10.3. The molecule has 2 aromatic heterocycles. The van der Waals surface area contributed by atoms with Crippen LogP contribution in [0.15, 0.2) is 36.0 Å². The predicted molar refractivity (Wildman–Crippen MR) is 74.1 cm³/mol. The molecule has 0 saturated heterocycles. The van der Waals surface area contributed by atoms with Crippen molar-refractivity contribution in [3.63, 3.8) is 0 Å². The lowest BCUT2D eigenvalue weighted by Crippen LogP contribution is -2.35. The van der Waals surface area contributed by atoms with Gasteiger partial charge in [-0.15, -0.1) is 0 Å². The lowest BCUT2D eigenvalue weighted by molar-refractivity contribution is 0.0943. The molecule has 0 radical (unpaired) electrons. The highest BCUT2D eigenvalue weighted by Gasteiger charge is 2.24. The lowest BCUT2D eigenvalue weighted by Gasteiger charge is -2.07. The first kappa shape index (κ1) is 12.9. The quantitative estimate of drug-likeness (QED) is 0.882. The van der Waals surface area contributed by atoms with Crippen molar-refractivity contribution in [1.29, 1.82) is 0 Å². The van der Waals surface area contributed by atoms with Crippen LogP contribution in [0.2, 0.25) is 0 Å². The van der Waals surface area contributed by atoms with E-state index in [1.165, 1.54) is 6.08 Å². The van der Waals surface area contributed by atoms with Gasteiger partial charge in [-0.1, -0.05) is 6.07 Å². The first-order valence-corrected chi connectivity index (χ1v) is 7.82. The number of aromatic nitrogens is 2. The van der Waals surface area contributed by atoms with Crippen molar-refractivity contribution < 1.29 is 13.2 Å². The van der Waals surface area contributed by atoms with Gasteiger partial charge in [0.2, 0.25) is 0 Å². The van der Waals surface area contributed by atoms with Crippen LogP contribution in [-0.4, -0.2) is 35.5 Å². The highest BCUT2D eigenvalue weighted by molar-refractivity contribution is 7.94. The zero-order valence-electron chi connectivity index (χ0n) is 10.8. The molecule has 7 heteroatoms. The van der Waals surface area contributed by atoms with E-state index in [1.54, 1.807) is 10.6 Å². The van der Waals surface area contributed by atoms with E-state index in [1.807, 2.05) is 25.3 Å². The van der Waals surface area contributed by atoms with Crippen LogP contribution in [0.5, 0.6) is 0 Å². The van der Waals surface area contributed by atoms with Crippen molar-refractivity contribution in [2.75, 3.05) is 5.75 Å². The van der Waals surface area contributed by atoms with E-state index >= 15 is 0 Å². The Hall–Kier alpha value is -2.15. The third-order valence-electron chi connectivity index (χ3n) is 3.16. The van der Waals surface area contributed by atoms with Crippen LogP contribution in [0.4, 0.5) is 0 Å². The normalized spacial score (nSPS) is 20.4. The molecular weight excluding hydrogens is 278 g/mol. The Kier molecular flexibility index (Phi) is 2.86. The van der Waals surface area contributed by atoms with Crippen LogP contribution in [0.25, 0.3) is 5.65 Å². The number of hydrogen-bond donors (Lipinski definition) is 1. The van der Waals surface area contributed by atoms with Crippen LogP contribution in [-0.2, 0) is 9.84 Å². The fraction of sp³-hybridized carbons (Fsp3) is 0.231. The summed E-state index contributed by atoms with van der Waals surface area (Å²) in [6.07, 6.45) is 4.92. The monoisotopic (exact) mass is 291 g/mol. The molecule has 0 aliphatic carbocycles. The molecule has 1 N–H and O–H groups in total. The first-order valence-electron chi connectivity index (χ1n) is 6.11. The van der Waals surface area contributed by atoms with Crippen LogP contribution in [0, 0.1) is 6.92 Å². The highest BCUT2D eigenvalue weighted by Crippen LogP contribution is 2.12. The van der Waals surface area contributed by atoms with E-state index in [2.05, 4.69) is 10.3 Å². The summed E-state index contributed by atoms with van der Waals surface area (Å²) in [4.78, 5) is 16.3. The summed E-state index contributed by atoms with van der Waals surface area (Å²) in [6, 6.07) is 3.30. The van der Waals surface area contributed by atoms with E-state index in [0.717, 1.165) is 11.0 Å². The van der Waals surface area contributed by atoms with Gasteiger partial charge in [0, 0.05) is 17.8 Å².